The van der Waals surface area contributed by atoms with Crippen molar-refractivity contribution in [1.82, 2.24) is 0 Å². The number of nitrogens with two attached hydrogens (primary N) is 1. The first kappa shape index (κ1) is 14.1. The van der Waals surface area contributed by atoms with Crippen LogP contribution >= 0.6 is 11.8 Å². The fraction of sp³-hybridized carbons (Fsp3) is 0.889. The number of carboxylic acids is 1. The number of quaternary nitrogens is 1. The summed E-state index contributed by atoms with van der Waals surface area (Å²) in [4.78, 5) is 10.9. The van der Waals surface area contributed by atoms with Crippen LogP contribution in [0.3, 0.4) is 0 Å². The second-order valence-corrected chi connectivity index (χ2v) is 5.95. The Morgan fingerprint density at radius 3 is 2.50 bits per heavy atom. The molecule has 2 atom stereocenters. The maximum atomic E-state index is 10.9. The normalized spacial score (nSPS) is 29.6. The van der Waals surface area contributed by atoms with Crippen molar-refractivity contribution in [1.29, 1.82) is 0 Å². The first-order valence-electron chi connectivity index (χ1n) is 4.73. The minimum atomic E-state index is -0.684. The van der Waals surface area contributed by atoms with Gasteiger partial charge in [0.2, 0.25) is 0 Å². The molecule has 14 heavy (non-hydrogen) atoms. The van der Waals surface area contributed by atoms with E-state index in [9.17, 15) is 4.79 Å². The van der Waals surface area contributed by atoms with Crippen LogP contribution in [0.4, 0.5) is 0 Å². The van der Waals surface area contributed by atoms with Gasteiger partial charge in [-0.05, 0) is 20.3 Å². The van der Waals surface area contributed by atoms with Crippen molar-refractivity contribution >= 4 is 17.7 Å². The van der Waals surface area contributed by atoms with Crippen LogP contribution in [0.25, 0.3) is 0 Å². The lowest BCUT2D eigenvalue weighted by atomic mass is 10.0. The van der Waals surface area contributed by atoms with Gasteiger partial charge >= 0.3 is 5.97 Å². The molecule has 0 bridgehead atoms. The van der Waals surface area contributed by atoms with E-state index in [0.717, 1.165) is 12.8 Å². The maximum Gasteiger partial charge on any atom is 0.363 e. The van der Waals surface area contributed by atoms with E-state index in [0.29, 0.717) is 5.37 Å². The summed E-state index contributed by atoms with van der Waals surface area (Å²) in [6, 6.07) is -0.283. The van der Waals surface area contributed by atoms with Gasteiger partial charge < -0.3 is 22.8 Å². The molecule has 0 aromatic carbocycles. The van der Waals surface area contributed by atoms with Gasteiger partial charge in [-0.2, -0.15) is 0 Å². The second kappa shape index (κ2) is 5.24. The molecule has 0 aromatic rings. The molecule has 1 saturated heterocycles. The Balaban J connectivity index is 0.00000169. The Bertz CT molecular complexity index is 211. The molecule has 1 fully saturated rings. The molecule has 0 spiro atoms. The van der Waals surface area contributed by atoms with Crippen LogP contribution < -0.4 is 17.7 Å². The highest BCUT2D eigenvalue weighted by molar-refractivity contribution is 8.01. The number of thioether (sulfide) groups is 1. The number of rotatable bonds is 3. The van der Waals surface area contributed by atoms with E-state index in [2.05, 4.69) is 6.92 Å². The van der Waals surface area contributed by atoms with Crippen LogP contribution in [0.15, 0.2) is 0 Å². The molecule has 0 aromatic heterocycles. The first-order chi connectivity index (χ1) is 5.97. The summed E-state index contributed by atoms with van der Waals surface area (Å²) in [7, 11) is 0. The minimum absolute atomic E-state index is 0. The lowest BCUT2D eigenvalue weighted by Gasteiger charge is -2.16. The number of halogens is 1. The smallest absolute Gasteiger partial charge is 0.363 e. The SMILES string of the molecule is CCCC1[NH2+]C(C(=O)O)C(C)(C)S1.[Cl-]. The fourth-order valence-electron chi connectivity index (χ4n) is 1.77. The third kappa shape index (κ3) is 3.04. The zero-order chi connectivity index (χ0) is 10.1. The van der Waals surface area contributed by atoms with Crippen molar-refractivity contribution in [3.05, 3.63) is 0 Å². The van der Waals surface area contributed by atoms with Crippen LogP contribution in [0, 0.1) is 0 Å². The summed E-state index contributed by atoms with van der Waals surface area (Å²) in [6.45, 7) is 6.17. The van der Waals surface area contributed by atoms with Crippen molar-refractivity contribution in [2.75, 3.05) is 0 Å². The van der Waals surface area contributed by atoms with Crippen molar-refractivity contribution in [2.24, 2.45) is 0 Å². The third-order valence-electron chi connectivity index (χ3n) is 2.45. The molecule has 0 radical (unpaired) electrons. The largest absolute Gasteiger partial charge is 1.00 e. The number of hydrogen-bond donors (Lipinski definition) is 2. The van der Waals surface area contributed by atoms with Gasteiger partial charge in [0.25, 0.3) is 0 Å². The topological polar surface area (TPSA) is 53.9 Å². The Kier molecular flexibility index (Phi) is 5.26. The molecule has 5 heteroatoms. The van der Waals surface area contributed by atoms with E-state index in [4.69, 9.17) is 5.11 Å². The standard InChI is InChI=1S/C9H17NO2S.ClH/c1-4-5-6-10-7(8(11)12)9(2,3)13-6;/h6-7,10H,4-5H2,1-3H3,(H,11,12);1H. The Labute approximate surface area is 95.4 Å². The van der Waals surface area contributed by atoms with Crippen LogP contribution in [0.1, 0.15) is 33.6 Å². The number of hydrogen-bond acceptors (Lipinski definition) is 2. The Morgan fingerprint density at radius 2 is 2.14 bits per heavy atom. The molecule has 1 heterocycles. The Hall–Kier alpha value is 0.0700. The van der Waals surface area contributed by atoms with E-state index in [1.807, 2.05) is 19.2 Å². The van der Waals surface area contributed by atoms with E-state index in [-0.39, 0.29) is 23.2 Å². The molecule has 0 amide bonds. The van der Waals surface area contributed by atoms with E-state index >= 15 is 0 Å². The van der Waals surface area contributed by atoms with Gasteiger partial charge in [0.15, 0.2) is 6.04 Å². The molecular weight excluding hydrogens is 222 g/mol. The van der Waals surface area contributed by atoms with Gasteiger partial charge in [-0.3, -0.25) is 0 Å². The lowest BCUT2D eigenvalue weighted by Crippen LogP contribution is -3.00. The minimum Gasteiger partial charge on any atom is -1.00 e. The van der Waals surface area contributed by atoms with Gasteiger partial charge in [0.1, 0.15) is 5.37 Å². The summed E-state index contributed by atoms with van der Waals surface area (Å²) >= 11 is 1.79. The van der Waals surface area contributed by atoms with Crippen LogP contribution in [-0.2, 0) is 4.79 Å². The zero-order valence-corrected chi connectivity index (χ0v) is 10.4. The molecule has 2 unspecified atom stereocenters. The van der Waals surface area contributed by atoms with Crippen molar-refractivity contribution < 1.29 is 27.6 Å². The monoisotopic (exact) mass is 239 g/mol. The first-order valence-corrected chi connectivity index (χ1v) is 5.61. The highest BCUT2D eigenvalue weighted by atomic mass is 35.5. The predicted molar refractivity (Wildman–Crippen MR) is 53.7 cm³/mol. The predicted octanol–water partition coefficient (Wildman–Crippen LogP) is -2.34. The number of aliphatic carboxylic acids is 1. The summed E-state index contributed by atoms with van der Waals surface area (Å²) < 4.78 is -0.133. The maximum absolute atomic E-state index is 10.9. The quantitative estimate of drug-likeness (QED) is 0.581. The van der Waals surface area contributed by atoms with Crippen LogP contribution in [-0.4, -0.2) is 27.2 Å². The number of carbonyl (C=O) groups is 1. The van der Waals surface area contributed by atoms with Crippen LogP contribution in [0.2, 0.25) is 0 Å². The van der Waals surface area contributed by atoms with E-state index < -0.39 is 5.97 Å². The highest BCUT2D eigenvalue weighted by Crippen LogP contribution is 2.34. The van der Waals surface area contributed by atoms with Crippen molar-refractivity contribution in [2.45, 2.75) is 49.8 Å². The summed E-state index contributed by atoms with van der Waals surface area (Å²) in [5.74, 6) is -0.684. The number of carboxylic acid groups (broad SMARTS) is 1. The Morgan fingerprint density at radius 1 is 1.57 bits per heavy atom. The molecule has 1 rings (SSSR count). The lowest BCUT2D eigenvalue weighted by molar-refractivity contribution is -0.685. The summed E-state index contributed by atoms with van der Waals surface area (Å²) in [5, 5.41) is 11.4. The molecule has 0 aliphatic carbocycles. The fourth-order valence-corrected chi connectivity index (χ4v) is 3.46. The molecule has 84 valence electrons. The molecular formula is C9H18ClNO2S. The molecule has 3 N–H and O–H groups in total. The molecule has 0 saturated carbocycles. The third-order valence-corrected chi connectivity index (χ3v) is 4.01. The summed E-state index contributed by atoms with van der Waals surface area (Å²) in [6.07, 6.45) is 2.22. The van der Waals surface area contributed by atoms with E-state index in [1.165, 1.54) is 0 Å². The zero-order valence-electron chi connectivity index (χ0n) is 8.79. The highest BCUT2D eigenvalue weighted by Gasteiger charge is 2.48. The molecule has 1 aliphatic rings. The summed E-state index contributed by atoms with van der Waals surface area (Å²) in [5.41, 5.74) is 0. The molecule has 1 aliphatic heterocycles. The second-order valence-electron chi connectivity index (χ2n) is 4.06. The van der Waals surface area contributed by atoms with Gasteiger partial charge in [-0.15, -0.1) is 0 Å². The molecule has 3 nitrogen and oxygen atoms in total. The average Bonchev–Trinajstić information content (AvgIpc) is 2.26. The van der Waals surface area contributed by atoms with Crippen molar-refractivity contribution in [3.63, 3.8) is 0 Å². The van der Waals surface area contributed by atoms with Gasteiger partial charge in [0.05, 0.1) is 4.75 Å². The van der Waals surface area contributed by atoms with E-state index in [1.54, 1.807) is 11.8 Å². The van der Waals surface area contributed by atoms with Crippen molar-refractivity contribution in [3.8, 4) is 0 Å². The van der Waals surface area contributed by atoms with Gasteiger partial charge in [0, 0.05) is 6.42 Å². The van der Waals surface area contributed by atoms with Gasteiger partial charge in [-0.25, -0.2) is 4.79 Å². The average molecular weight is 240 g/mol. The van der Waals surface area contributed by atoms with Gasteiger partial charge in [-0.1, -0.05) is 18.7 Å². The van der Waals surface area contributed by atoms with Crippen LogP contribution in [0.5, 0.6) is 0 Å².